The summed E-state index contributed by atoms with van der Waals surface area (Å²) < 4.78 is 9.61. The fraction of sp³-hybridized carbons (Fsp3) is 0.385. The molecule has 0 spiro atoms. The number of phenols is 1. The number of amides is 1. The third-order valence-corrected chi connectivity index (χ3v) is 2.36. The number of phenolic OH excluding ortho intramolecular Hbond substituents is 1. The normalized spacial score (nSPS) is 9.79. The van der Waals surface area contributed by atoms with Gasteiger partial charge in [0, 0.05) is 12.1 Å². The number of aromatic hydroxyl groups is 1. The topological polar surface area (TPSA) is 84.9 Å². The minimum atomic E-state index is -0.373. The number of esters is 1. The molecule has 104 valence electrons. The number of ether oxygens (including phenoxy) is 2. The average molecular weight is 267 g/mol. The molecule has 0 aromatic heterocycles. The van der Waals surface area contributed by atoms with Crippen molar-refractivity contribution in [2.45, 2.75) is 13.3 Å². The van der Waals surface area contributed by atoms with Gasteiger partial charge in [0.2, 0.25) is 0 Å². The molecule has 6 heteroatoms. The average Bonchev–Trinajstić information content (AvgIpc) is 2.38. The van der Waals surface area contributed by atoms with E-state index in [9.17, 15) is 14.7 Å². The highest BCUT2D eigenvalue weighted by atomic mass is 16.5. The Labute approximate surface area is 111 Å². The van der Waals surface area contributed by atoms with Crippen LogP contribution in [0.4, 0.5) is 0 Å². The molecule has 0 aliphatic rings. The van der Waals surface area contributed by atoms with E-state index >= 15 is 0 Å². The highest BCUT2D eigenvalue weighted by Gasteiger charge is 2.10. The number of rotatable bonds is 6. The van der Waals surface area contributed by atoms with Crippen LogP contribution >= 0.6 is 0 Å². The van der Waals surface area contributed by atoms with Crippen molar-refractivity contribution in [2.24, 2.45) is 0 Å². The number of carbonyl (C=O) groups is 2. The molecule has 0 fully saturated rings. The summed E-state index contributed by atoms with van der Waals surface area (Å²) in [7, 11) is 1.42. The molecule has 1 aromatic carbocycles. The van der Waals surface area contributed by atoms with E-state index in [1.165, 1.54) is 25.3 Å². The Balaban J connectivity index is 2.50. The molecular weight excluding hydrogens is 250 g/mol. The van der Waals surface area contributed by atoms with Gasteiger partial charge in [-0.15, -0.1) is 0 Å². The third kappa shape index (κ3) is 4.50. The first-order valence-corrected chi connectivity index (χ1v) is 5.89. The Bertz CT molecular complexity index is 458. The van der Waals surface area contributed by atoms with E-state index in [2.05, 4.69) is 5.32 Å². The largest absolute Gasteiger partial charge is 0.504 e. The molecule has 1 rings (SSSR count). The van der Waals surface area contributed by atoms with Gasteiger partial charge in [0.15, 0.2) is 11.5 Å². The van der Waals surface area contributed by atoms with Crippen molar-refractivity contribution in [1.82, 2.24) is 5.32 Å². The summed E-state index contributed by atoms with van der Waals surface area (Å²) >= 11 is 0. The Morgan fingerprint density at radius 2 is 2.11 bits per heavy atom. The van der Waals surface area contributed by atoms with Gasteiger partial charge in [-0.05, 0) is 25.1 Å². The summed E-state index contributed by atoms with van der Waals surface area (Å²) in [5.74, 6) is -0.550. The smallest absolute Gasteiger partial charge is 0.307 e. The summed E-state index contributed by atoms with van der Waals surface area (Å²) in [5.41, 5.74) is 0.294. The second kappa shape index (κ2) is 7.25. The van der Waals surface area contributed by atoms with Crippen LogP contribution in [-0.4, -0.2) is 37.2 Å². The molecule has 0 saturated heterocycles. The first-order valence-electron chi connectivity index (χ1n) is 5.89. The van der Waals surface area contributed by atoms with Gasteiger partial charge in [-0.25, -0.2) is 0 Å². The molecule has 0 atom stereocenters. The van der Waals surface area contributed by atoms with Crippen molar-refractivity contribution < 1.29 is 24.2 Å². The van der Waals surface area contributed by atoms with Gasteiger partial charge in [-0.1, -0.05) is 0 Å². The van der Waals surface area contributed by atoms with Crippen LogP contribution in [0.25, 0.3) is 0 Å². The number of hydrogen-bond acceptors (Lipinski definition) is 5. The van der Waals surface area contributed by atoms with Crippen LogP contribution in [0, 0.1) is 0 Å². The maximum atomic E-state index is 11.7. The second-order valence-electron chi connectivity index (χ2n) is 3.70. The summed E-state index contributed by atoms with van der Waals surface area (Å²) in [6.07, 6.45) is 0.113. The van der Waals surface area contributed by atoms with Crippen LogP contribution < -0.4 is 10.1 Å². The van der Waals surface area contributed by atoms with Crippen LogP contribution in [0.3, 0.4) is 0 Å². The quantitative estimate of drug-likeness (QED) is 0.753. The zero-order valence-electron chi connectivity index (χ0n) is 10.9. The molecule has 1 aromatic rings. The number of benzene rings is 1. The van der Waals surface area contributed by atoms with Crippen LogP contribution in [0.15, 0.2) is 18.2 Å². The molecule has 2 N–H and O–H groups in total. The van der Waals surface area contributed by atoms with Crippen molar-refractivity contribution in [3.05, 3.63) is 23.8 Å². The SMILES string of the molecule is CCOC(=O)CCNC(=O)c1ccc(OC)c(O)c1. The first kappa shape index (κ1) is 14.8. The van der Waals surface area contributed by atoms with Crippen molar-refractivity contribution >= 4 is 11.9 Å². The van der Waals surface area contributed by atoms with Gasteiger partial charge in [-0.2, -0.15) is 0 Å². The summed E-state index contributed by atoms with van der Waals surface area (Å²) in [6, 6.07) is 4.33. The van der Waals surface area contributed by atoms with Gasteiger partial charge in [0.05, 0.1) is 20.1 Å². The molecule has 0 heterocycles. The van der Waals surface area contributed by atoms with E-state index in [1.54, 1.807) is 6.92 Å². The molecule has 0 aliphatic heterocycles. The lowest BCUT2D eigenvalue weighted by Gasteiger charge is -2.07. The summed E-state index contributed by atoms with van der Waals surface area (Å²) in [6.45, 7) is 2.22. The van der Waals surface area contributed by atoms with Crippen molar-refractivity contribution in [2.75, 3.05) is 20.3 Å². The number of nitrogens with one attached hydrogen (secondary N) is 1. The second-order valence-corrected chi connectivity index (χ2v) is 3.70. The molecule has 0 radical (unpaired) electrons. The fourth-order valence-corrected chi connectivity index (χ4v) is 1.44. The number of hydrogen-bond donors (Lipinski definition) is 2. The molecule has 1 amide bonds. The Morgan fingerprint density at radius 3 is 2.68 bits per heavy atom. The van der Waals surface area contributed by atoms with E-state index in [0.29, 0.717) is 17.9 Å². The molecule has 0 saturated carbocycles. The molecule has 6 nitrogen and oxygen atoms in total. The van der Waals surface area contributed by atoms with E-state index in [4.69, 9.17) is 9.47 Å². The molecule has 0 unspecified atom stereocenters. The first-order chi connectivity index (χ1) is 9.08. The van der Waals surface area contributed by atoms with Gasteiger partial charge in [-0.3, -0.25) is 9.59 Å². The van der Waals surface area contributed by atoms with Gasteiger partial charge >= 0.3 is 5.97 Å². The Hall–Kier alpha value is -2.24. The number of methoxy groups -OCH3 is 1. The lowest BCUT2D eigenvalue weighted by atomic mass is 10.2. The van der Waals surface area contributed by atoms with Crippen LogP contribution in [0.2, 0.25) is 0 Å². The maximum absolute atomic E-state index is 11.7. The Kier molecular flexibility index (Phi) is 5.66. The van der Waals surface area contributed by atoms with Crippen LogP contribution in [0.5, 0.6) is 11.5 Å². The van der Waals surface area contributed by atoms with Crippen LogP contribution in [0.1, 0.15) is 23.7 Å². The third-order valence-electron chi connectivity index (χ3n) is 2.36. The van der Waals surface area contributed by atoms with E-state index in [0.717, 1.165) is 0 Å². The standard InChI is InChI=1S/C13H17NO5/c1-3-19-12(16)6-7-14-13(17)9-4-5-11(18-2)10(15)8-9/h4-5,8,15H,3,6-7H2,1-2H3,(H,14,17). The molecule has 0 bridgehead atoms. The van der Waals surface area contributed by atoms with Gasteiger partial charge in [0.1, 0.15) is 0 Å². The van der Waals surface area contributed by atoms with E-state index < -0.39 is 0 Å². The molecular formula is C13H17NO5. The highest BCUT2D eigenvalue weighted by molar-refractivity contribution is 5.95. The van der Waals surface area contributed by atoms with Crippen LogP contribution in [-0.2, 0) is 9.53 Å². The molecule has 19 heavy (non-hydrogen) atoms. The highest BCUT2D eigenvalue weighted by Crippen LogP contribution is 2.25. The maximum Gasteiger partial charge on any atom is 0.307 e. The van der Waals surface area contributed by atoms with Gasteiger partial charge < -0.3 is 19.9 Å². The lowest BCUT2D eigenvalue weighted by molar-refractivity contribution is -0.142. The summed E-state index contributed by atoms with van der Waals surface area (Å²) in [5, 5.41) is 12.1. The summed E-state index contributed by atoms with van der Waals surface area (Å²) in [4.78, 5) is 22.8. The number of carbonyl (C=O) groups excluding carboxylic acids is 2. The minimum Gasteiger partial charge on any atom is -0.504 e. The van der Waals surface area contributed by atoms with Crippen molar-refractivity contribution in [1.29, 1.82) is 0 Å². The van der Waals surface area contributed by atoms with Crippen molar-refractivity contribution in [3.8, 4) is 11.5 Å². The van der Waals surface area contributed by atoms with Gasteiger partial charge in [0.25, 0.3) is 5.91 Å². The Morgan fingerprint density at radius 1 is 1.37 bits per heavy atom. The fourth-order valence-electron chi connectivity index (χ4n) is 1.44. The minimum absolute atomic E-state index is 0.111. The van der Waals surface area contributed by atoms with E-state index in [-0.39, 0.29) is 30.6 Å². The zero-order chi connectivity index (χ0) is 14.3. The predicted molar refractivity (Wildman–Crippen MR) is 68.2 cm³/mol. The molecule has 0 aliphatic carbocycles. The zero-order valence-corrected chi connectivity index (χ0v) is 10.9. The predicted octanol–water partition coefficient (Wildman–Crippen LogP) is 1.08. The lowest BCUT2D eigenvalue weighted by Crippen LogP contribution is -2.26. The van der Waals surface area contributed by atoms with E-state index in [1.807, 2.05) is 0 Å². The monoisotopic (exact) mass is 267 g/mol. The van der Waals surface area contributed by atoms with Crippen molar-refractivity contribution in [3.63, 3.8) is 0 Å².